The molecule has 0 unspecified atom stereocenters. The number of hydrogen-bond donors (Lipinski definition) is 2. The molecule has 0 fully saturated rings. The normalized spacial score (nSPS) is 9.92. The molecule has 5 heteroatoms. The highest BCUT2D eigenvalue weighted by atomic mass is 16.2. The van der Waals surface area contributed by atoms with Gasteiger partial charge < -0.3 is 16.0 Å². The molecule has 0 spiro atoms. The third-order valence-corrected chi connectivity index (χ3v) is 1.70. The van der Waals surface area contributed by atoms with Gasteiger partial charge in [0.25, 0.3) is 5.56 Å². The molecule has 0 saturated heterocycles. The Kier molecular flexibility index (Phi) is 2.36. The van der Waals surface area contributed by atoms with Gasteiger partial charge in [0.15, 0.2) is 0 Å². The van der Waals surface area contributed by atoms with Crippen molar-refractivity contribution >= 4 is 11.6 Å². The summed E-state index contributed by atoms with van der Waals surface area (Å²) in [6.45, 7) is 1.59. The van der Waals surface area contributed by atoms with Crippen LogP contribution in [-0.2, 0) is 11.3 Å². The Morgan fingerprint density at radius 2 is 2.23 bits per heavy atom. The maximum Gasteiger partial charge on any atom is 0.251 e. The van der Waals surface area contributed by atoms with Crippen LogP contribution in [0.15, 0.2) is 17.1 Å². The number of nitrogens with zero attached hydrogens (tertiary/aromatic N) is 1. The Morgan fingerprint density at radius 3 is 2.77 bits per heavy atom. The second-order valence-electron chi connectivity index (χ2n) is 2.84. The van der Waals surface area contributed by atoms with Crippen molar-refractivity contribution < 1.29 is 4.79 Å². The predicted molar refractivity (Wildman–Crippen MR) is 49.0 cm³/mol. The van der Waals surface area contributed by atoms with E-state index < -0.39 is 5.91 Å². The van der Waals surface area contributed by atoms with Gasteiger partial charge in [-0.15, -0.1) is 0 Å². The van der Waals surface area contributed by atoms with Crippen molar-refractivity contribution in [1.29, 1.82) is 0 Å². The van der Waals surface area contributed by atoms with Crippen LogP contribution >= 0.6 is 0 Å². The molecule has 5 nitrogen and oxygen atoms in total. The van der Waals surface area contributed by atoms with Crippen molar-refractivity contribution in [3.05, 3.63) is 28.2 Å². The molecule has 0 radical (unpaired) electrons. The lowest BCUT2D eigenvalue weighted by atomic mass is 10.2. The number of primary amides is 1. The zero-order valence-corrected chi connectivity index (χ0v) is 7.28. The van der Waals surface area contributed by atoms with Gasteiger partial charge in [-0.3, -0.25) is 9.59 Å². The van der Waals surface area contributed by atoms with Gasteiger partial charge in [-0.05, 0) is 12.5 Å². The SMILES string of the molecule is Cc1cc(=O)n(CC(N)=O)cc1N. The molecule has 0 saturated carbocycles. The lowest BCUT2D eigenvalue weighted by Crippen LogP contribution is -2.27. The van der Waals surface area contributed by atoms with E-state index in [1.54, 1.807) is 6.92 Å². The van der Waals surface area contributed by atoms with Gasteiger partial charge in [-0.2, -0.15) is 0 Å². The molecule has 1 aromatic rings. The average molecular weight is 181 g/mol. The van der Waals surface area contributed by atoms with E-state index >= 15 is 0 Å². The zero-order valence-electron chi connectivity index (χ0n) is 7.28. The number of carbonyl (C=O) groups is 1. The number of pyridine rings is 1. The molecule has 0 atom stereocenters. The number of aryl methyl sites for hydroxylation is 1. The Balaban J connectivity index is 3.16. The van der Waals surface area contributed by atoms with Gasteiger partial charge in [0.1, 0.15) is 6.54 Å². The number of aromatic nitrogens is 1. The minimum Gasteiger partial charge on any atom is -0.397 e. The first kappa shape index (κ1) is 9.31. The monoisotopic (exact) mass is 181 g/mol. The second-order valence-corrected chi connectivity index (χ2v) is 2.84. The van der Waals surface area contributed by atoms with E-state index in [0.717, 1.165) is 0 Å². The van der Waals surface area contributed by atoms with E-state index in [0.29, 0.717) is 11.3 Å². The Bertz CT molecular complexity index is 395. The smallest absolute Gasteiger partial charge is 0.251 e. The fourth-order valence-electron chi connectivity index (χ4n) is 0.976. The molecule has 0 aliphatic heterocycles. The van der Waals surface area contributed by atoms with Gasteiger partial charge in [-0.25, -0.2) is 0 Å². The summed E-state index contributed by atoms with van der Waals surface area (Å²) in [5.74, 6) is -0.564. The van der Waals surface area contributed by atoms with Crippen molar-refractivity contribution in [1.82, 2.24) is 4.57 Å². The summed E-state index contributed by atoms with van der Waals surface area (Å²) in [6.07, 6.45) is 1.42. The molecule has 0 aromatic carbocycles. The molecule has 0 aliphatic rings. The van der Waals surface area contributed by atoms with Crippen molar-refractivity contribution in [2.45, 2.75) is 13.5 Å². The summed E-state index contributed by atoms with van der Waals surface area (Å²) in [5.41, 5.74) is 11.4. The Hall–Kier alpha value is -1.78. The van der Waals surface area contributed by atoms with Crippen LogP contribution in [0.25, 0.3) is 0 Å². The van der Waals surface area contributed by atoms with Gasteiger partial charge in [0.05, 0.1) is 5.69 Å². The lowest BCUT2D eigenvalue weighted by Gasteiger charge is -2.05. The van der Waals surface area contributed by atoms with Crippen LogP contribution < -0.4 is 17.0 Å². The largest absolute Gasteiger partial charge is 0.397 e. The molecular weight excluding hydrogens is 170 g/mol. The summed E-state index contributed by atoms with van der Waals surface area (Å²) in [4.78, 5) is 21.8. The summed E-state index contributed by atoms with van der Waals surface area (Å²) >= 11 is 0. The maximum atomic E-state index is 11.2. The van der Waals surface area contributed by atoms with Gasteiger partial charge in [0.2, 0.25) is 5.91 Å². The van der Waals surface area contributed by atoms with Gasteiger partial charge in [-0.1, -0.05) is 0 Å². The van der Waals surface area contributed by atoms with E-state index in [4.69, 9.17) is 11.5 Å². The average Bonchev–Trinajstić information content (AvgIpc) is 1.99. The molecule has 13 heavy (non-hydrogen) atoms. The predicted octanol–water partition coefficient (Wildman–Crippen LogP) is -0.776. The molecule has 4 N–H and O–H groups in total. The fourth-order valence-corrected chi connectivity index (χ4v) is 0.976. The first-order chi connectivity index (χ1) is 6.00. The summed E-state index contributed by atoms with van der Waals surface area (Å²) in [5, 5.41) is 0. The van der Waals surface area contributed by atoms with Crippen LogP contribution in [0, 0.1) is 6.92 Å². The highest BCUT2D eigenvalue weighted by Crippen LogP contribution is 2.04. The highest BCUT2D eigenvalue weighted by Gasteiger charge is 2.02. The van der Waals surface area contributed by atoms with Crippen LogP contribution in [-0.4, -0.2) is 10.5 Å². The van der Waals surface area contributed by atoms with Crippen molar-refractivity contribution in [2.24, 2.45) is 5.73 Å². The summed E-state index contributed by atoms with van der Waals surface area (Å²) in [6, 6.07) is 1.37. The third-order valence-electron chi connectivity index (χ3n) is 1.70. The van der Waals surface area contributed by atoms with Gasteiger partial charge in [0, 0.05) is 12.3 Å². The van der Waals surface area contributed by atoms with Crippen LogP contribution in [0.2, 0.25) is 0 Å². The number of anilines is 1. The number of nitrogen functional groups attached to an aromatic ring is 1. The molecule has 70 valence electrons. The molecule has 1 heterocycles. The zero-order chi connectivity index (χ0) is 10.0. The lowest BCUT2D eigenvalue weighted by molar-refractivity contribution is -0.118. The minimum absolute atomic E-state index is 0.136. The van der Waals surface area contributed by atoms with E-state index in [1.165, 1.54) is 16.8 Å². The van der Waals surface area contributed by atoms with E-state index in [-0.39, 0.29) is 12.1 Å². The van der Waals surface area contributed by atoms with Crippen LogP contribution in [0.1, 0.15) is 5.56 Å². The second kappa shape index (κ2) is 3.30. The number of rotatable bonds is 2. The number of nitrogens with two attached hydrogens (primary N) is 2. The maximum absolute atomic E-state index is 11.2. The van der Waals surface area contributed by atoms with Crippen molar-refractivity contribution in [3.8, 4) is 0 Å². The topological polar surface area (TPSA) is 91.1 Å². The van der Waals surface area contributed by atoms with E-state index in [9.17, 15) is 9.59 Å². The standard InChI is InChI=1S/C8H11N3O2/c1-5-2-8(13)11(3-6(5)9)4-7(10)12/h2-3H,4,9H2,1H3,(H2,10,12). The quantitative estimate of drug-likeness (QED) is 0.627. The summed E-state index contributed by atoms with van der Waals surface area (Å²) in [7, 11) is 0. The molecular formula is C8H11N3O2. The molecule has 0 aliphatic carbocycles. The van der Waals surface area contributed by atoms with Crippen molar-refractivity contribution in [2.75, 3.05) is 5.73 Å². The molecule has 1 rings (SSSR count). The van der Waals surface area contributed by atoms with Crippen LogP contribution in [0.3, 0.4) is 0 Å². The van der Waals surface area contributed by atoms with E-state index in [2.05, 4.69) is 0 Å². The Morgan fingerprint density at radius 1 is 1.62 bits per heavy atom. The van der Waals surface area contributed by atoms with Crippen LogP contribution in [0.4, 0.5) is 5.69 Å². The Labute approximate surface area is 75.0 Å². The highest BCUT2D eigenvalue weighted by molar-refractivity contribution is 5.73. The third kappa shape index (κ3) is 2.08. The first-order valence-corrected chi connectivity index (χ1v) is 3.75. The van der Waals surface area contributed by atoms with Crippen LogP contribution in [0.5, 0.6) is 0 Å². The summed E-state index contributed by atoms with van der Waals surface area (Å²) < 4.78 is 1.19. The van der Waals surface area contributed by atoms with E-state index in [1.807, 2.05) is 0 Å². The van der Waals surface area contributed by atoms with Crippen molar-refractivity contribution in [3.63, 3.8) is 0 Å². The first-order valence-electron chi connectivity index (χ1n) is 3.75. The number of hydrogen-bond acceptors (Lipinski definition) is 3. The van der Waals surface area contributed by atoms with Gasteiger partial charge >= 0.3 is 0 Å². The molecule has 1 amide bonds. The number of amides is 1. The number of carbonyl (C=O) groups excluding carboxylic acids is 1. The minimum atomic E-state index is -0.564. The molecule has 1 aromatic heterocycles. The molecule has 0 bridgehead atoms. The fraction of sp³-hybridized carbons (Fsp3) is 0.250.